The number of nitrogens with one attached hydrogen (secondary N) is 1. The van der Waals surface area contributed by atoms with Crippen LogP contribution in [0.3, 0.4) is 0 Å². The van der Waals surface area contributed by atoms with Gasteiger partial charge in [-0.05, 0) is 48.1 Å². The summed E-state index contributed by atoms with van der Waals surface area (Å²) >= 11 is 0. The number of benzene rings is 2. The molecule has 7 nitrogen and oxygen atoms in total. The van der Waals surface area contributed by atoms with Crippen LogP contribution < -0.4 is 5.32 Å². The fourth-order valence-corrected chi connectivity index (χ4v) is 5.84. The minimum absolute atomic E-state index is 0.198. The van der Waals surface area contributed by atoms with Gasteiger partial charge < -0.3 is 20.1 Å². The zero-order chi connectivity index (χ0) is 26.0. The van der Waals surface area contributed by atoms with Gasteiger partial charge in [-0.25, -0.2) is 0 Å². The molecule has 0 aromatic heterocycles. The number of allylic oxidation sites excluding steroid dienone is 1. The maximum Gasteiger partial charge on any atom is 0.310 e. The molecule has 1 aliphatic carbocycles. The van der Waals surface area contributed by atoms with Gasteiger partial charge in [-0.2, -0.15) is 0 Å². The molecule has 0 bridgehead atoms. The lowest BCUT2D eigenvalue weighted by Gasteiger charge is -2.34. The molecule has 1 fully saturated rings. The van der Waals surface area contributed by atoms with E-state index in [0.717, 1.165) is 10.8 Å². The van der Waals surface area contributed by atoms with Gasteiger partial charge in [0.2, 0.25) is 11.8 Å². The van der Waals surface area contributed by atoms with Gasteiger partial charge in [0.1, 0.15) is 6.04 Å². The van der Waals surface area contributed by atoms with Crippen LogP contribution in [-0.4, -0.2) is 53.1 Å². The van der Waals surface area contributed by atoms with E-state index in [1.807, 2.05) is 75.4 Å². The highest BCUT2D eigenvalue weighted by Gasteiger charge is 2.58. The van der Waals surface area contributed by atoms with Crippen molar-refractivity contribution < 1.29 is 24.2 Å². The Bertz CT molecular complexity index is 1160. The molecule has 1 aliphatic heterocycles. The Kier molecular flexibility index (Phi) is 7.79. The Hall–Kier alpha value is -3.19. The second-order valence-electron chi connectivity index (χ2n) is 10.3. The topological polar surface area (TPSA) is 95.9 Å². The summed E-state index contributed by atoms with van der Waals surface area (Å²) in [4.78, 5) is 42.2. The molecular weight excluding hydrogens is 456 g/mol. The second-order valence-corrected chi connectivity index (χ2v) is 10.3. The highest BCUT2D eigenvalue weighted by atomic mass is 16.5. The average molecular weight is 493 g/mol. The lowest BCUT2D eigenvalue weighted by molar-refractivity contribution is -0.156. The van der Waals surface area contributed by atoms with Crippen LogP contribution in [0.5, 0.6) is 0 Å². The summed E-state index contributed by atoms with van der Waals surface area (Å²) in [5, 5.41) is 15.3. The number of aliphatic hydroxyl groups excluding tert-OH is 1. The smallest absolute Gasteiger partial charge is 0.310 e. The van der Waals surface area contributed by atoms with E-state index in [0.29, 0.717) is 12.1 Å². The number of fused-ring (bicyclic) bond motifs is 2. The summed E-state index contributed by atoms with van der Waals surface area (Å²) in [6.45, 7) is 7.64. The molecule has 2 N–H and O–H groups in total. The molecule has 6 atom stereocenters. The standard InChI is InChI=1S/C29H36N2O5/c1-5-36-29(35)24-18(4)10-13-23-25(24)28(34)31(22(16-32)14-17(2)3)26(23)27(33)30-21-12-11-19-8-6-7-9-20(19)15-21/h6-13,15,17-18,22-26,32H,5,14,16H2,1-4H3,(H,30,33)/t18-,22-,23+,24-,25+,26+/m1/s1. The number of aliphatic hydroxyl groups is 1. The fraction of sp³-hybridized carbons (Fsp3) is 0.483. The van der Waals surface area contributed by atoms with E-state index < -0.39 is 35.8 Å². The van der Waals surface area contributed by atoms with Crippen molar-refractivity contribution in [1.29, 1.82) is 0 Å². The number of nitrogens with zero attached hydrogens (tertiary/aromatic N) is 1. The quantitative estimate of drug-likeness (QED) is 0.429. The van der Waals surface area contributed by atoms with Crippen LogP contribution in [0.4, 0.5) is 5.69 Å². The first-order chi connectivity index (χ1) is 17.3. The first kappa shape index (κ1) is 25.9. The van der Waals surface area contributed by atoms with Gasteiger partial charge in [0.05, 0.1) is 31.1 Å². The number of carbonyl (C=O) groups excluding carboxylic acids is 3. The minimum Gasteiger partial charge on any atom is -0.466 e. The third-order valence-electron chi connectivity index (χ3n) is 7.40. The molecule has 0 spiro atoms. The van der Waals surface area contributed by atoms with Crippen LogP contribution >= 0.6 is 0 Å². The molecule has 192 valence electrons. The third kappa shape index (κ3) is 4.89. The van der Waals surface area contributed by atoms with Crippen molar-refractivity contribution in [3.8, 4) is 0 Å². The predicted molar refractivity (Wildman–Crippen MR) is 139 cm³/mol. The summed E-state index contributed by atoms with van der Waals surface area (Å²) in [5.41, 5.74) is 0.633. The van der Waals surface area contributed by atoms with Crippen LogP contribution in [0.1, 0.15) is 34.1 Å². The van der Waals surface area contributed by atoms with Gasteiger partial charge in [0.15, 0.2) is 0 Å². The van der Waals surface area contributed by atoms with Crippen molar-refractivity contribution in [2.24, 2.45) is 29.6 Å². The van der Waals surface area contributed by atoms with E-state index in [9.17, 15) is 19.5 Å². The van der Waals surface area contributed by atoms with Crippen LogP contribution in [0, 0.1) is 29.6 Å². The molecule has 1 heterocycles. The van der Waals surface area contributed by atoms with Crippen molar-refractivity contribution in [3.63, 3.8) is 0 Å². The molecule has 2 amide bonds. The maximum absolute atomic E-state index is 13.9. The van der Waals surface area contributed by atoms with Crippen LogP contribution in [0.25, 0.3) is 10.8 Å². The van der Waals surface area contributed by atoms with Crippen molar-refractivity contribution in [1.82, 2.24) is 4.90 Å². The van der Waals surface area contributed by atoms with Crippen molar-refractivity contribution in [2.75, 3.05) is 18.5 Å². The summed E-state index contributed by atoms with van der Waals surface area (Å²) in [6.07, 6.45) is 4.36. The lowest BCUT2D eigenvalue weighted by Crippen LogP contribution is -2.51. The summed E-state index contributed by atoms with van der Waals surface area (Å²) in [7, 11) is 0. The van der Waals surface area contributed by atoms with Gasteiger partial charge in [-0.1, -0.05) is 63.3 Å². The fourth-order valence-electron chi connectivity index (χ4n) is 5.84. The number of likely N-dealkylation sites (tertiary alicyclic amines) is 1. The minimum atomic E-state index is -0.842. The zero-order valence-electron chi connectivity index (χ0n) is 21.4. The summed E-state index contributed by atoms with van der Waals surface area (Å²) in [6, 6.07) is 12.2. The average Bonchev–Trinajstić information content (AvgIpc) is 3.14. The molecule has 0 unspecified atom stereocenters. The van der Waals surface area contributed by atoms with Crippen LogP contribution in [-0.2, 0) is 19.1 Å². The van der Waals surface area contributed by atoms with E-state index in [2.05, 4.69) is 5.32 Å². The third-order valence-corrected chi connectivity index (χ3v) is 7.40. The van der Waals surface area contributed by atoms with E-state index >= 15 is 0 Å². The van der Waals surface area contributed by atoms with E-state index in [4.69, 9.17) is 4.74 Å². The number of amides is 2. The molecule has 2 aliphatic rings. The van der Waals surface area contributed by atoms with Crippen molar-refractivity contribution in [2.45, 2.75) is 46.2 Å². The number of esters is 1. The molecule has 4 rings (SSSR count). The molecule has 7 heteroatoms. The first-order valence-electron chi connectivity index (χ1n) is 12.8. The highest BCUT2D eigenvalue weighted by Crippen LogP contribution is 2.45. The Morgan fingerprint density at radius 2 is 1.83 bits per heavy atom. The Balaban J connectivity index is 1.72. The second kappa shape index (κ2) is 10.8. The summed E-state index contributed by atoms with van der Waals surface area (Å²) < 4.78 is 5.33. The monoisotopic (exact) mass is 492 g/mol. The normalized spacial score (nSPS) is 26.2. The van der Waals surface area contributed by atoms with Gasteiger partial charge in [-0.3, -0.25) is 14.4 Å². The maximum atomic E-state index is 13.9. The summed E-state index contributed by atoms with van der Waals surface area (Å²) in [5.74, 6) is -2.89. The van der Waals surface area contributed by atoms with E-state index in [1.165, 1.54) is 0 Å². The van der Waals surface area contributed by atoms with E-state index in [1.54, 1.807) is 11.8 Å². The predicted octanol–water partition coefficient (Wildman–Crippen LogP) is 4.01. The molecule has 2 aromatic carbocycles. The Morgan fingerprint density at radius 1 is 1.11 bits per heavy atom. The number of hydrogen-bond acceptors (Lipinski definition) is 5. The lowest BCUT2D eigenvalue weighted by atomic mass is 9.70. The molecule has 36 heavy (non-hydrogen) atoms. The van der Waals surface area contributed by atoms with Gasteiger partial charge in [-0.15, -0.1) is 0 Å². The Morgan fingerprint density at radius 3 is 2.50 bits per heavy atom. The van der Waals surface area contributed by atoms with Gasteiger partial charge >= 0.3 is 5.97 Å². The molecule has 0 saturated carbocycles. The number of rotatable bonds is 8. The molecule has 2 aromatic rings. The zero-order valence-corrected chi connectivity index (χ0v) is 21.4. The number of carbonyl (C=O) groups is 3. The molecule has 1 saturated heterocycles. The Labute approximate surface area is 212 Å². The number of anilines is 1. The first-order valence-corrected chi connectivity index (χ1v) is 12.8. The number of hydrogen-bond donors (Lipinski definition) is 2. The SMILES string of the molecule is CCOC(=O)[C@H]1[C@H]2C(=O)N([C@@H](CO)CC(C)C)[C@H](C(=O)Nc3ccc4ccccc4c3)[C@H]2C=C[C@H]1C. The molecule has 0 radical (unpaired) electrons. The number of ether oxygens (including phenoxy) is 1. The van der Waals surface area contributed by atoms with Crippen LogP contribution in [0.15, 0.2) is 54.6 Å². The molecular formula is C29H36N2O5. The highest BCUT2D eigenvalue weighted by molar-refractivity contribution is 6.02. The van der Waals surface area contributed by atoms with E-state index in [-0.39, 0.29) is 36.9 Å². The van der Waals surface area contributed by atoms with Gasteiger partial charge in [0.25, 0.3) is 0 Å². The van der Waals surface area contributed by atoms with Crippen LogP contribution in [0.2, 0.25) is 0 Å². The van der Waals surface area contributed by atoms with Crippen molar-refractivity contribution in [3.05, 3.63) is 54.6 Å². The van der Waals surface area contributed by atoms with Crippen molar-refractivity contribution >= 4 is 34.2 Å². The van der Waals surface area contributed by atoms with Gasteiger partial charge in [0, 0.05) is 11.6 Å². The largest absolute Gasteiger partial charge is 0.466 e.